The van der Waals surface area contributed by atoms with E-state index in [1.54, 1.807) is 10.3 Å². The number of rotatable bonds is 5. The van der Waals surface area contributed by atoms with Crippen LogP contribution in [-0.2, 0) is 17.4 Å². The van der Waals surface area contributed by atoms with Gasteiger partial charge in [-0.25, -0.2) is 9.78 Å². The maximum Gasteiger partial charge on any atom is 0.416 e. The van der Waals surface area contributed by atoms with Gasteiger partial charge in [-0.3, -0.25) is 4.79 Å². The smallest absolute Gasteiger partial charge is 0.353 e. The van der Waals surface area contributed by atoms with Crippen LogP contribution < -0.4 is 10.6 Å². The number of amides is 3. The minimum Gasteiger partial charge on any atom is -0.353 e. The van der Waals surface area contributed by atoms with E-state index in [0.29, 0.717) is 42.2 Å². The second-order valence-electron chi connectivity index (χ2n) is 8.02. The maximum absolute atomic E-state index is 12.7. The Hall–Kier alpha value is -3.40. The highest BCUT2D eigenvalue weighted by Crippen LogP contribution is 2.31. The Balaban J connectivity index is 1.24. The zero-order valence-corrected chi connectivity index (χ0v) is 19.0. The molecule has 2 aromatic carbocycles. The van der Waals surface area contributed by atoms with Crippen LogP contribution in [0.5, 0.6) is 0 Å². The predicted octanol–water partition coefficient (Wildman–Crippen LogP) is 5.18. The first-order valence-corrected chi connectivity index (χ1v) is 11.7. The molecule has 1 saturated heterocycles. The van der Waals surface area contributed by atoms with Crippen LogP contribution in [0.25, 0.3) is 10.6 Å². The van der Waals surface area contributed by atoms with Gasteiger partial charge in [-0.05, 0) is 37.1 Å². The lowest BCUT2D eigenvalue weighted by molar-refractivity contribution is -0.137. The molecule has 0 spiro atoms. The summed E-state index contributed by atoms with van der Waals surface area (Å²) in [6, 6.07) is 13.9. The van der Waals surface area contributed by atoms with Crippen LogP contribution >= 0.6 is 11.3 Å². The number of nitrogens with one attached hydrogen (secondary N) is 2. The first-order chi connectivity index (χ1) is 16.3. The number of piperidine rings is 1. The number of benzene rings is 2. The van der Waals surface area contributed by atoms with Crippen LogP contribution in [-0.4, -0.2) is 41.0 Å². The second kappa shape index (κ2) is 10.3. The molecule has 3 amide bonds. The lowest BCUT2D eigenvalue weighted by Gasteiger charge is -2.32. The van der Waals surface area contributed by atoms with E-state index >= 15 is 0 Å². The molecule has 1 aliphatic heterocycles. The molecular weight excluding hydrogens is 465 g/mol. The fraction of sp³-hybridized carbons (Fsp3) is 0.292. The van der Waals surface area contributed by atoms with Gasteiger partial charge in [0.15, 0.2) is 0 Å². The van der Waals surface area contributed by atoms with Gasteiger partial charge in [0.25, 0.3) is 0 Å². The number of nitrogens with zero attached hydrogens (tertiary/aromatic N) is 2. The molecule has 0 bridgehead atoms. The topological polar surface area (TPSA) is 74.3 Å². The number of likely N-dealkylation sites (tertiary alicyclic amines) is 1. The van der Waals surface area contributed by atoms with E-state index < -0.39 is 11.7 Å². The average Bonchev–Trinajstić information content (AvgIpc) is 3.28. The quantitative estimate of drug-likeness (QED) is 0.520. The summed E-state index contributed by atoms with van der Waals surface area (Å²) >= 11 is 1.28. The first kappa shape index (κ1) is 23.7. The van der Waals surface area contributed by atoms with Crippen molar-refractivity contribution in [2.24, 2.45) is 0 Å². The number of thiazole rings is 1. The standard InChI is InChI=1S/C24H23F3N4O2S/c25-24(26,27)17-8-6-16(7-9-17)22-29-20(15-34-22)14-21(32)28-19-10-12-31(13-11-19)23(33)30-18-4-2-1-3-5-18/h1-9,15,19H,10-14H2,(H,28,32)(H,30,33). The number of halogens is 3. The summed E-state index contributed by atoms with van der Waals surface area (Å²) in [5.74, 6) is -0.170. The van der Waals surface area contributed by atoms with Crippen LogP contribution in [0.4, 0.5) is 23.7 Å². The van der Waals surface area contributed by atoms with Gasteiger partial charge in [0.2, 0.25) is 5.91 Å². The minimum absolute atomic E-state index is 0.0266. The molecule has 178 valence electrons. The molecule has 3 aromatic rings. The Morgan fingerprint density at radius 3 is 2.35 bits per heavy atom. The lowest BCUT2D eigenvalue weighted by Crippen LogP contribution is -2.48. The summed E-state index contributed by atoms with van der Waals surface area (Å²) in [6.07, 6.45) is -2.98. The van der Waals surface area contributed by atoms with Gasteiger partial charge in [-0.15, -0.1) is 11.3 Å². The summed E-state index contributed by atoms with van der Waals surface area (Å²) in [4.78, 5) is 31.0. The molecule has 1 fully saturated rings. The fourth-order valence-electron chi connectivity index (χ4n) is 3.72. The van der Waals surface area contributed by atoms with Gasteiger partial charge in [0.05, 0.1) is 17.7 Å². The number of urea groups is 1. The van der Waals surface area contributed by atoms with E-state index in [2.05, 4.69) is 15.6 Å². The maximum atomic E-state index is 12.7. The van der Waals surface area contributed by atoms with E-state index in [0.717, 1.165) is 17.8 Å². The monoisotopic (exact) mass is 488 g/mol. The predicted molar refractivity (Wildman–Crippen MR) is 124 cm³/mol. The van der Waals surface area contributed by atoms with Crippen LogP contribution in [0.1, 0.15) is 24.1 Å². The molecule has 34 heavy (non-hydrogen) atoms. The number of alkyl halides is 3. The van der Waals surface area contributed by atoms with E-state index in [-0.39, 0.29) is 24.4 Å². The van der Waals surface area contributed by atoms with Crippen LogP contribution in [0, 0.1) is 0 Å². The molecule has 0 unspecified atom stereocenters. The van der Waals surface area contributed by atoms with E-state index in [1.165, 1.54) is 23.5 Å². The van der Waals surface area contributed by atoms with Gasteiger partial charge >= 0.3 is 12.2 Å². The normalized spacial score (nSPS) is 14.6. The van der Waals surface area contributed by atoms with Gasteiger partial charge < -0.3 is 15.5 Å². The van der Waals surface area contributed by atoms with Gasteiger partial charge in [0, 0.05) is 35.8 Å². The lowest BCUT2D eigenvalue weighted by atomic mass is 10.1. The molecule has 1 aromatic heterocycles. The number of aromatic nitrogens is 1. The van der Waals surface area contributed by atoms with Gasteiger partial charge in [-0.2, -0.15) is 13.2 Å². The summed E-state index contributed by atoms with van der Waals surface area (Å²) < 4.78 is 38.2. The number of hydrogen-bond acceptors (Lipinski definition) is 4. The molecule has 0 radical (unpaired) electrons. The van der Waals surface area contributed by atoms with Crippen molar-refractivity contribution in [2.45, 2.75) is 31.5 Å². The summed E-state index contributed by atoms with van der Waals surface area (Å²) in [6.45, 7) is 1.08. The molecule has 1 aliphatic rings. The highest BCUT2D eigenvalue weighted by atomic mass is 32.1. The summed E-state index contributed by atoms with van der Waals surface area (Å²) in [7, 11) is 0. The number of carbonyl (C=O) groups is 2. The van der Waals surface area contributed by atoms with Crippen LogP contribution in [0.15, 0.2) is 60.0 Å². The number of anilines is 1. The van der Waals surface area contributed by atoms with E-state index in [4.69, 9.17) is 0 Å². The molecule has 10 heteroatoms. The molecule has 0 atom stereocenters. The number of para-hydroxylation sites is 1. The molecule has 0 aliphatic carbocycles. The molecule has 6 nitrogen and oxygen atoms in total. The van der Waals surface area contributed by atoms with Crippen molar-refractivity contribution in [2.75, 3.05) is 18.4 Å². The molecule has 2 heterocycles. The van der Waals surface area contributed by atoms with Crippen molar-refractivity contribution in [1.82, 2.24) is 15.2 Å². The Morgan fingerprint density at radius 2 is 1.71 bits per heavy atom. The zero-order valence-electron chi connectivity index (χ0n) is 18.1. The SMILES string of the molecule is O=C(Cc1csc(-c2ccc(C(F)(F)F)cc2)n1)NC1CCN(C(=O)Nc2ccccc2)CC1. The second-order valence-corrected chi connectivity index (χ2v) is 8.88. The largest absolute Gasteiger partial charge is 0.416 e. The van der Waals surface area contributed by atoms with Crippen molar-refractivity contribution in [3.8, 4) is 10.6 Å². The number of hydrogen-bond donors (Lipinski definition) is 2. The van der Waals surface area contributed by atoms with Crippen LogP contribution in [0.2, 0.25) is 0 Å². The summed E-state index contributed by atoms with van der Waals surface area (Å²) in [5.41, 5.74) is 1.17. The summed E-state index contributed by atoms with van der Waals surface area (Å²) in [5, 5.41) is 8.16. The van der Waals surface area contributed by atoms with E-state index in [9.17, 15) is 22.8 Å². The third-order valence-corrected chi connectivity index (χ3v) is 6.47. The molecule has 0 saturated carbocycles. The highest BCUT2D eigenvalue weighted by molar-refractivity contribution is 7.13. The third-order valence-electron chi connectivity index (χ3n) is 5.52. The zero-order chi connectivity index (χ0) is 24.1. The van der Waals surface area contributed by atoms with Crippen molar-refractivity contribution in [1.29, 1.82) is 0 Å². The fourth-order valence-corrected chi connectivity index (χ4v) is 4.54. The minimum atomic E-state index is -4.38. The Morgan fingerprint density at radius 1 is 1.03 bits per heavy atom. The van der Waals surface area contributed by atoms with Gasteiger partial charge in [-0.1, -0.05) is 30.3 Å². The van der Waals surface area contributed by atoms with Crippen molar-refractivity contribution >= 4 is 29.0 Å². The first-order valence-electron chi connectivity index (χ1n) is 10.8. The highest BCUT2D eigenvalue weighted by Gasteiger charge is 2.30. The molecule has 2 N–H and O–H groups in total. The van der Waals surface area contributed by atoms with Crippen molar-refractivity contribution in [3.05, 3.63) is 71.2 Å². The third kappa shape index (κ3) is 6.13. The number of carbonyl (C=O) groups excluding carboxylic acids is 2. The van der Waals surface area contributed by atoms with Crippen molar-refractivity contribution in [3.63, 3.8) is 0 Å². The Labute approximate surface area is 198 Å². The van der Waals surface area contributed by atoms with Crippen molar-refractivity contribution < 1.29 is 22.8 Å². The molecular formula is C24H23F3N4O2S. The van der Waals surface area contributed by atoms with Gasteiger partial charge in [0.1, 0.15) is 5.01 Å². The average molecular weight is 489 g/mol. The van der Waals surface area contributed by atoms with E-state index in [1.807, 2.05) is 30.3 Å². The Bertz CT molecular complexity index is 1130. The molecule has 4 rings (SSSR count). The Kier molecular flexibility index (Phi) is 7.16. The van der Waals surface area contributed by atoms with Crippen LogP contribution in [0.3, 0.4) is 0 Å².